The van der Waals surface area contributed by atoms with E-state index in [9.17, 15) is 9.59 Å². The summed E-state index contributed by atoms with van der Waals surface area (Å²) in [4.78, 5) is 25.0. The highest BCUT2D eigenvalue weighted by Gasteiger charge is 2.21. The quantitative estimate of drug-likeness (QED) is 0.716. The SMILES string of the molecule is CCN(C)C(=O)C(C)Nc1cc2c(cc1N)OCC(=O)N2. The number of anilines is 3. The van der Waals surface area contributed by atoms with Crippen molar-refractivity contribution < 1.29 is 14.3 Å². The van der Waals surface area contributed by atoms with Crippen LogP contribution in [0.4, 0.5) is 17.1 Å². The monoisotopic (exact) mass is 292 g/mol. The highest BCUT2D eigenvalue weighted by atomic mass is 16.5. The Kier molecular flexibility index (Phi) is 4.21. The number of nitrogens with two attached hydrogens (primary N) is 1. The largest absolute Gasteiger partial charge is 0.482 e. The van der Waals surface area contributed by atoms with E-state index in [-0.39, 0.29) is 18.4 Å². The molecular formula is C14H20N4O3. The zero-order chi connectivity index (χ0) is 15.6. The third-order valence-corrected chi connectivity index (χ3v) is 3.38. The predicted octanol–water partition coefficient (Wildman–Crippen LogP) is 0.878. The van der Waals surface area contributed by atoms with Crippen LogP contribution in [0.3, 0.4) is 0 Å². The van der Waals surface area contributed by atoms with Gasteiger partial charge in [0.15, 0.2) is 6.61 Å². The second-order valence-corrected chi connectivity index (χ2v) is 4.99. The van der Waals surface area contributed by atoms with Crippen molar-refractivity contribution >= 4 is 28.9 Å². The second kappa shape index (κ2) is 5.90. The van der Waals surface area contributed by atoms with Crippen LogP contribution in [0, 0.1) is 0 Å². The van der Waals surface area contributed by atoms with E-state index in [1.165, 1.54) is 0 Å². The number of carbonyl (C=O) groups is 2. The first kappa shape index (κ1) is 15.0. The van der Waals surface area contributed by atoms with Gasteiger partial charge in [-0.1, -0.05) is 0 Å². The van der Waals surface area contributed by atoms with E-state index in [0.29, 0.717) is 29.4 Å². The second-order valence-electron chi connectivity index (χ2n) is 4.99. The topological polar surface area (TPSA) is 96.7 Å². The molecule has 21 heavy (non-hydrogen) atoms. The molecule has 4 N–H and O–H groups in total. The van der Waals surface area contributed by atoms with Crippen LogP contribution in [0.25, 0.3) is 0 Å². The predicted molar refractivity (Wildman–Crippen MR) is 81.4 cm³/mol. The minimum atomic E-state index is -0.421. The van der Waals surface area contributed by atoms with Gasteiger partial charge in [-0.2, -0.15) is 0 Å². The fourth-order valence-corrected chi connectivity index (χ4v) is 2.05. The summed E-state index contributed by atoms with van der Waals surface area (Å²) in [7, 11) is 1.74. The average molecular weight is 292 g/mol. The Morgan fingerprint density at radius 3 is 2.95 bits per heavy atom. The van der Waals surface area contributed by atoms with E-state index in [1.54, 1.807) is 31.0 Å². The lowest BCUT2D eigenvalue weighted by atomic mass is 10.1. The molecule has 1 aromatic carbocycles. The smallest absolute Gasteiger partial charge is 0.262 e. The molecule has 0 bridgehead atoms. The van der Waals surface area contributed by atoms with Gasteiger partial charge in [-0.05, 0) is 19.9 Å². The molecular weight excluding hydrogens is 272 g/mol. The van der Waals surface area contributed by atoms with Gasteiger partial charge in [-0.15, -0.1) is 0 Å². The maximum absolute atomic E-state index is 12.1. The third-order valence-electron chi connectivity index (χ3n) is 3.38. The number of likely N-dealkylation sites (N-methyl/N-ethyl adjacent to an activating group) is 1. The molecule has 0 fully saturated rings. The van der Waals surface area contributed by atoms with Crippen LogP contribution in [0.5, 0.6) is 5.75 Å². The summed E-state index contributed by atoms with van der Waals surface area (Å²) in [6, 6.07) is 2.89. The van der Waals surface area contributed by atoms with E-state index in [0.717, 1.165) is 0 Å². The first-order valence-electron chi connectivity index (χ1n) is 6.80. The van der Waals surface area contributed by atoms with Crippen LogP contribution in [0.15, 0.2) is 12.1 Å². The summed E-state index contributed by atoms with van der Waals surface area (Å²) in [5.41, 5.74) is 7.55. The molecule has 0 spiro atoms. The van der Waals surface area contributed by atoms with Crippen LogP contribution in [-0.2, 0) is 9.59 Å². The summed E-state index contributed by atoms with van der Waals surface area (Å²) in [5, 5.41) is 5.78. The number of ether oxygens (including phenoxy) is 1. The molecule has 1 aliphatic heterocycles. The lowest BCUT2D eigenvalue weighted by Gasteiger charge is -2.24. The Morgan fingerprint density at radius 2 is 2.29 bits per heavy atom. The molecule has 114 valence electrons. The van der Waals surface area contributed by atoms with Crippen molar-refractivity contribution in [3.63, 3.8) is 0 Å². The maximum atomic E-state index is 12.1. The first-order chi connectivity index (χ1) is 9.92. The number of nitrogens with zero attached hydrogens (tertiary/aromatic N) is 1. The number of nitrogens with one attached hydrogen (secondary N) is 2. The fraction of sp³-hybridized carbons (Fsp3) is 0.429. The van der Waals surface area contributed by atoms with E-state index in [2.05, 4.69) is 10.6 Å². The Labute approximate surface area is 123 Å². The lowest BCUT2D eigenvalue weighted by molar-refractivity contribution is -0.130. The van der Waals surface area contributed by atoms with Crippen LogP contribution in [0.1, 0.15) is 13.8 Å². The van der Waals surface area contributed by atoms with Gasteiger partial charge in [0.1, 0.15) is 11.8 Å². The van der Waals surface area contributed by atoms with Crippen molar-refractivity contribution in [2.45, 2.75) is 19.9 Å². The number of carbonyl (C=O) groups excluding carboxylic acids is 2. The van der Waals surface area contributed by atoms with Gasteiger partial charge in [0.05, 0.1) is 17.1 Å². The number of amides is 2. The van der Waals surface area contributed by atoms with Crippen molar-refractivity contribution in [3.8, 4) is 5.75 Å². The number of fused-ring (bicyclic) bond motifs is 1. The zero-order valence-corrected chi connectivity index (χ0v) is 12.4. The van der Waals surface area contributed by atoms with Crippen LogP contribution in [0.2, 0.25) is 0 Å². The summed E-state index contributed by atoms with van der Waals surface area (Å²) in [6.45, 7) is 4.29. The molecule has 7 heteroatoms. The van der Waals surface area contributed by atoms with E-state index < -0.39 is 6.04 Å². The van der Waals surface area contributed by atoms with Gasteiger partial charge < -0.3 is 26.0 Å². The molecule has 2 amide bonds. The first-order valence-corrected chi connectivity index (χ1v) is 6.80. The fourth-order valence-electron chi connectivity index (χ4n) is 2.05. The van der Waals surface area contributed by atoms with Crippen molar-refractivity contribution in [1.82, 2.24) is 4.90 Å². The van der Waals surface area contributed by atoms with Crippen molar-refractivity contribution in [2.24, 2.45) is 0 Å². The van der Waals surface area contributed by atoms with E-state index >= 15 is 0 Å². The Bertz CT molecular complexity index is 574. The molecule has 1 aromatic rings. The molecule has 1 aliphatic rings. The van der Waals surface area contributed by atoms with Gasteiger partial charge in [0.2, 0.25) is 5.91 Å². The summed E-state index contributed by atoms with van der Waals surface area (Å²) < 4.78 is 5.28. The number of rotatable bonds is 4. The lowest BCUT2D eigenvalue weighted by Crippen LogP contribution is -2.39. The molecule has 1 unspecified atom stereocenters. The number of nitrogen functional groups attached to an aromatic ring is 1. The van der Waals surface area contributed by atoms with Crippen molar-refractivity contribution in [2.75, 3.05) is 36.6 Å². The van der Waals surface area contributed by atoms with Gasteiger partial charge in [-0.3, -0.25) is 9.59 Å². The minimum absolute atomic E-state index is 0.0185. The van der Waals surface area contributed by atoms with Crippen LogP contribution < -0.4 is 21.1 Å². The Morgan fingerprint density at radius 1 is 1.57 bits per heavy atom. The molecule has 0 aliphatic carbocycles. The molecule has 0 saturated heterocycles. The molecule has 7 nitrogen and oxygen atoms in total. The standard InChI is InChI=1S/C14H20N4O3/c1-4-18(3)14(20)8(2)16-10-6-11-12(5-9(10)15)21-7-13(19)17-11/h5-6,8,16H,4,7,15H2,1-3H3,(H,17,19). The van der Waals surface area contributed by atoms with E-state index in [4.69, 9.17) is 10.5 Å². The molecule has 1 heterocycles. The zero-order valence-electron chi connectivity index (χ0n) is 12.4. The van der Waals surface area contributed by atoms with Gasteiger partial charge in [0.25, 0.3) is 5.91 Å². The maximum Gasteiger partial charge on any atom is 0.262 e. The Balaban J connectivity index is 2.19. The normalized spacial score (nSPS) is 14.5. The third kappa shape index (κ3) is 3.18. The van der Waals surface area contributed by atoms with E-state index in [1.807, 2.05) is 6.92 Å². The highest BCUT2D eigenvalue weighted by molar-refractivity contribution is 5.97. The number of benzene rings is 1. The summed E-state index contributed by atoms with van der Waals surface area (Å²) in [6.07, 6.45) is 0. The molecule has 0 aromatic heterocycles. The molecule has 0 radical (unpaired) electrons. The molecule has 0 saturated carbocycles. The van der Waals surface area contributed by atoms with Crippen LogP contribution in [-0.4, -0.2) is 43.0 Å². The van der Waals surface area contributed by atoms with Crippen molar-refractivity contribution in [1.29, 1.82) is 0 Å². The Hall–Kier alpha value is -2.44. The van der Waals surface area contributed by atoms with Gasteiger partial charge in [0, 0.05) is 19.7 Å². The molecule has 1 atom stereocenters. The number of hydrogen-bond donors (Lipinski definition) is 3. The molecule has 2 rings (SSSR count). The van der Waals surface area contributed by atoms with Gasteiger partial charge in [-0.25, -0.2) is 0 Å². The van der Waals surface area contributed by atoms with Gasteiger partial charge >= 0.3 is 0 Å². The van der Waals surface area contributed by atoms with Crippen molar-refractivity contribution in [3.05, 3.63) is 12.1 Å². The average Bonchev–Trinajstić information content (AvgIpc) is 2.46. The highest BCUT2D eigenvalue weighted by Crippen LogP contribution is 2.35. The minimum Gasteiger partial charge on any atom is -0.482 e. The van der Waals surface area contributed by atoms with Crippen LogP contribution >= 0.6 is 0 Å². The summed E-state index contributed by atoms with van der Waals surface area (Å²) in [5.74, 6) is 0.283. The number of hydrogen-bond acceptors (Lipinski definition) is 5. The summed E-state index contributed by atoms with van der Waals surface area (Å²) >= 11 is 0.